The summed E-state index contributed by atoms with van der Waals surface area (Å²) in [7, 11) is 4.01. The Hall–Kier alpha value is -1.40. The SMILES string of the molecule is CN(C)CCn1cc(N2CC(O)CC2=O)cn1. The summed E-state index contributed by atoms with van der Waals surface area (Å²) in [5.74, 6) is -0.0374. The van der Waals surface area contributed by atoms with Gasteiger partial charge in [-0.3, -0.25) is 9.48 Å². The van der Waals surface area contributed by atoms with Crippen LogP contribution >= 0.6 is 0 Å². The van der Waals surface area contributed by atoms with E-state index in [4.69, 9.17) is 0 Å². The van der Waals surface area contributed by atoms with E-state index in [-0.39, 0.29) is 12.3 Å². The predicted octanol–water partition coefficient (Wildman–Crippen LogP) is -0.458. The highest BCUT2D eigenvalue weighted by Crippen LogP contribution is 2.20. The number of hydrogen-bond donors (Lipinski definition) is 1. The molecule has 0 saturated carbocycles. The molecule has 1 N–H and O–H groups in total. The average Bonchev–Trinajstić information content (AvgIpc) is 2.82. The van der Waals surface area contributed by atoms with Crippen molar-refractivity contribution in [2.75, 3.05) is 32.1 Å². The highest BCUT2D eigenvalue weighted by atomic mass is 16.3. The number of aliphatic hydroxyl groups excluding tert-OH is 1. The maximum Gasteiger partial charge on any atom is 0.229 e. The zero-order chi connectivity index (χ0) is 12.4. The number of carbonyl (C=O) groups is 1. The molecule has 0 bridgehead atoms. The highest BCUT2D eigenvalue weighted by molar-refractivity contribution is 5.95. The molecule has 0 aliphatic carbocycles. The first-order valence-corrected chi connectivity index (χ1v) is 5.72. The molecule has 0 aromatic carbocycles. The molecule has 2 rings (SSSR count). The highest BCUT2D eigenvalue weighted by Gasteiger charge is 2.29. The number of anilines is 1. The van der Waals surface area contributed by atoms with E-state index >= 15 is 0 Å². The summed E-state index contributed by atoms with van der Waals surface area (Å²) in [5, 5.41) is 13.6. The maximum atomic E-state index is 11.6. The van der Waals surface area contributed by atoms with Gasteiger partial charge in [0.2, 0.25) is 5.91 Å². The second kappa shape index (κ2) is 4.85. The van der Waals surface area contributed by atoms with E-state index in [0.29, 0.717) is 6.54 Å². The zero-order valence-electron chi connectivity index (χ0n) is 10.2. The van der Waals surface area contributed by atoms with Crippen molar-refractivity contribution in [3.05, 3.63) is 12.4 Å². The van der Waals surface area contributed by atoms with Gasteiger partial charge in [-0.1, -0.05) is 0 Å². The van der Waals surface area contributed by atoms with Crippen LogP contribution in [0.1, 0.15) is 6.42 Å². The van der Waals surface area contributed by atoms with Gasteiger partial charge >= 0.3 is 0 Å². The van der Waals surface area contributed by atoms with Crippen LogP contribution in [0.4, 0.5) is 5.69 Å². The van der Waals surface area contributed by atoms with Gasteiger partial charge in [-0.15, -0.1) is 0 Å². The third-order valence-electron chi connectivity index (χ3n) is 2.81. The number of amides is 1. The normalized spacial score (nSPS) is 20.6. The molecule has 1 fully saturated rings. The second-order valence-corrected chi connectivity index (χ2v) is 4.63. The minimum Gasteiger partial charge on any atom is -0.391 e. The molecule has 1 aliphatic heterocycles. The number of carbonyl (C=O) groups excluding carboxylic acids is 1. The van der Waals surface area contributed by atoms with E-state index in [2.05, 4.69) is 10.00 Å². The second-order valence-electron chi connectivity index (χ2n) is 4.63. The molecular formula is C11H18N4O2. The van der Waals surface area contributed by atoms with Gasteiger partial charge in [0, 0.05) is 12.7 Å². The Labute approximate surface area is 100 Å². The van der Waals surface area contributed by atoms with Crippen molar-refractivity contribution in [1.29, 1.82) is 0 Å². The van der Waals surface area contributed by atoms with Gasteiger partial charge in [0.25, 0.3) is 0 Å². The van der Waals surface area contributed by atoms with E-state index in [1.54, 1.807) is 11.1 Å². The van der Waals surface area contributed by atoms with Crippen molar-refractivity contribution >= 4 is 11.6 Å². The summed E-state index contributed by atoms with van der Waals surface area (Å²) >= 11 is 0. The topological polar surface area (TPSA) is 61.6 Å². The van der Waals surface area contributed by atoms with Gasteiger partial charge in [0.05, 0.1) is 37.5 Å². The minimum absolute atomic E-state index is 0.0374. The number of β-amino-alcohol motifs (C(OH)–C–C–N with tert-alkyl or cyclic N) is 1. The van der Waals surface area contributed by atoms with Gasteiger partial charge in [0.1, 0.15) is 0 Å². The summed E-state index contributed by atoms with van der Waals surface area (Å²) in [4.78, 5) is 15.2. The molecule has 1 saturated heterocycles. The van der Waals surface area contributed by atoms with Gasteiger partial charge in [-0.05, 0) is 14.1 Å². The molecule has 1 amide bonds. The lowest BCUT2D eigenvalue weighted by Gasteiger charge is -2.12. The summed E-state index contributed by atoms with van der Waals surface area (Å²) in [6, 6.07) is 0. The molecule has 6 nitrogen and oxygen atoms in total. The number of aliphatic hydroxyl groups is 1. The Morgan fingerprint density at radius 2 is 2.35 bits per heavy atom. The van der Waals surface area contributed by atoms with E-state index < -0.39 is 6.10 Å². The van der Waals surface area contributed by atoms with E-state index in [1.165, 1.54) is 0 Å². The van der Waals surface area contributed by atoms with Gasteiger partial charge < -0.3 is 14.9 Å². The molecule has 0 spiro atoms. The van der Waals surface area contributed by atoms with Crippen LogP contribution in [0, 0.1) is 0 Å². The molecule has 1 atom stereocenters. The summed E-state index contributed by atoms with van der Waals surface area (Å²) in [6.07, 6.45) is 3.18. The molecule has 17 heavy (non-hydrogen) atoms. The largest absolute Gasteiger partial charge is 0.391 e. The van der Waals surface area contributed by atoms with Crippen molar-refractivity contribution in [2.24, 2.45) is 0 Å². The van der Waals surface area contributed by atoms with Crippen LogP contribution in [-0.4, -0.2) is 59.0 Å². The van der Waals surface area contributed by atoms with Crippen LogP contribution < -0.4 is 4.90 Å². The average molecular weight is 238 g/mol. The van der Waals surface area contributed by atoms with Crippen molar-refractivity contribution in [3.63, 3.8) is 0 Å². The standard InChI is InChI=1S/C11H18N4O2/c1-13(2)3-4-14-7-9(6-12-14)15-8-10(16)5-11(15)17/h6-7,10,16H,3-5,8H2,1-2H3. The van der Waals surface area contributed by atoms with Crippen LogP contribution in [0.2, 0.25) is 0 Å². The first-order chi connectivity index (χ1) is 8.06. The fourth-order valence-electron chi connectivity index (χ4n) is 1.86. The van der Waals surface area contributed by atoms with Gasteiger partial charge in [-0.2, -0.15) is 5.10 Å². The lowest BCUT2D eigenvalue weighted by Crippen LogP contribution is -2.24. The number of aromatic nitrogens is 2. The third-order valence-corrected chi connectivity index (χ3v) is 2.81. The molecular weight excluding hydrogens is 220 g/mol. The molecule has 0 radical (unpaired) electrons. The first kappa shape index (κ1) is 12.1. The molecule has 6 heteroatoms. The lowest BCUT2D eigenvalue weighted by atomic mass is 10.3. The van der Waals surface area contributed by atoms with Crippen molar-refractivity contribution < 1.29 is 9.90 Å². The number of hydrogen-bond acceptors (Lipinski definition) is 4. The lowest BCUT2D eigenvalue weighted by molar-refractivity contribution is -0.117. The number of nitrogens with zero attached hydrogens (tertiary/aromatic N) is 4. The monoisotopic (exact) mass is 238 g/mol. The van der Waals surface area contributed by atoms with Crippen molar-refractivity contribution in [2.45, 2.75) is 19.1 Å². The van der Waals surface area contributed by atoms with Gasteiger partial charge in [0.15, 0.2) is 0 Å². The third kappa shape index (κ3) is 2.83. The summed E-state index contributed by atoms with van der Waals surface area (Å²) in [6.45, 7) is 2.06. The minimum atomic E-state index is -0.548. The zero-order valence-corrected chi connectivity index (χ0v) is 10.2. The summed E-state index contributed by atoms with van der Waals surface area (Å²) < 4.78 is 1.81. The van der Waals surface area contributed by atoms with Gasteiger partial charge in [-0.25, -0.2) is 0 Å². The molecule has 2 heterocycles. The molecule has 94 valence electrons. The predicted molar refractivity (Wildman–Crippen MR) is 63.8 cm³/mol. The first-order valence-electron chi connectivity index (χ1n) is 5.72. The van der Waals surface area contributed by atoms with Crippen molar-refractivity contribution in [3.8, 4) is 0 Å². The molecule has 1 unspecified atom stereocenters. The van der Waals surface area contributed by atoms with Crippen LogP contribution in [0.5, 0.6) is 0 Å². The number of likely N-dealkylation sites (N-methyl/N-ethyl adjacent to an activating group) is 1. The van der Waals surface area contributed by atoms with Crippen LogP contribution in [-0.2, 0) is 11.3 Å². The van der Waals surface area contributed by atoms with E-state index in [0.717, 1.165) is 18.8 Å². The molecule has 1 aromatic heterocycles. The van der Waals surface area contributed by atoms with E-state index in [9.17, 15) is 9.90 Å². The molecule has 1 aromatic rings. The molecule has 1 aliphatic rings. The Bertz CT molecular complexity index is 402. The Morgan fingerprint density at radius 1 is 1.59 bits per heavy atom. The quantitative estimate of drug-likeness (QED) is 0.771. The smallest absolute Gasteiger partial charge is 0.229 e. The number of rotatable bonds is 4. The van der Waals surface area contributed by atoms with E-state index in [1.807, 2.05) is 25.0 Å². The fourth-order valence-corrected chi connectivity index (χ4v) is 1.86. The maximum absolute atomic E-state index is 11.6. The Kier molecular flexibility index (Phi) is 3.44. The Morgan fingerprint density at radius 3 is 2.94 bits per heavy atom. The fraction of sp³-hybridized carbons (Fsp3) is 0.636. The summed E-state index contributed by atoms with van der Waals surface area (Å²) in [5.41, 5.74) is 0.769. The van der Waals surface area contributed by atoms with Crippen LogP contribution in [0.25, 0.3) is 0 Å². The van der Waals surface area contributed by atoms with Crippen LogP contribution in [0.15, 0.2) is 12.4 Å². The van der Waals surface area contributed by atoms with Crippen LogP contribution in [0.3, 0.4) is 0 Å². The Balaban J connectivity index is 2.00. The van der Waals surface area contributed by atoms with Crippen molar-refractivity contribution in [1.82, 2.24) is 14.7 Å².